The second-order valence-electron chi connectivity index (χ2n) is 4.77. The standard InChI is InChI=1S/C11H24N2OS/c1-8(2)6-10(7-13(4)5)12-11(14)9(3)15/h8-10,15H,6-7H2,1-5H3,(H,12,14). The SMILES string of the molecule is CC(C)CC(CN(C)C)NC(=O)C(C)S. The molecule has 0 aromatic heterocycles. The zero-order chi connectivity index (χ0) is 12.0. The Balaban J connectivity index is 4.17. The molecule has 0 heterocycles. The summed E-state index contributed by atoms with van der Waals surface area (Å²) < 4.78 is 0. The Morgan fingerprint density at radius 1 is 1.33 bits per heavy atom. The number of thiol groups is 1. The van der Waals surface area contributed by atoms with E-state index in [-0.39, 0.29) is 17.2 Å². The van der Waals surface area contributed by atoms with Crippen LogP contribution in [0.25, 0.3) is 0 Å². The molecule has 0 rings (SSSR count). The van der Waals surface area contributed by atoms with Crippen LogP contribution in [-0.2, 0) is 4.79 Å². The quantitative estimate of drug-likeness (QED) is 0.679. The van der Waals surface area contributed by atoms with Crippen LogP contribution in [0.1, 0.15) is 27.2 Å². The highest BCUT2D eigenvalue weighted by Gasteiger charge is 2.16. The normalized spacial score (nSPS) is 15.5. The van der Waals surface area contributed by atoms with E-state index in [0.29, 0.717) is 5.92 Å². The van der Waals surface area contributed by atoms with Gasteiger partial charge in [0, 0.05) is 12.6 Å². The van der Waals surface area contributed by atoms with Crippen molar-refractivity contribution in [2.75, 3.05) is 20.6 Å². The number of likely N-dealkylation sites (N-methyl/N-ethyl adjacent to an activating group) is 1. The van der Waals surface area contributed by atoms with E-state index >= 15 is 0 Å². The molecule has 90 valence electrons. The summed E-state index contributed by atoms with van der Waals surface area (Å²) in [6.45, 7) is 7.00. The first-order chi connectivity index (χ1) is 6.82. The molecule has 2 unspecified atom stereocenters. The summed E-state index contributed by atoms with van der Waals surface area (Å²) in [5, 5.41) is 2.79. The smallest absolute Gasteiger partial charge is 0.232 e. The molecule has 0 aromatic rings. The second kappa shape index (κ2) is 7.12. The molecule has 0 saturated heterocycles. The van der Waals surface area contributed by atoms with Crippen LogP contribution >= 0.6 is 12.6 Å². The molecule has 0 spiro atoms. The molecule has 0 saturated carbocycles. The van der Waals surface area contributed by atoms with E-state index in [0.717, 1.165) is 13.0 Å². The van der Waals surface area contributed by atoms with Crippen molar-refractivity contribution < 1.29 is 4.79 Å². The van der Waals surface area contributed by atoms with Gasteiger partial charge in [0.1, 0.15) is 0 Å². The Hall–Kier alpha value is -0.220. The van der Waals surface area contributed by atoms with Crippen LogP contribution in [-0.4, -0.2) is 42.7 Å². The van der Waals surface area contributed by atoms with Gasteiger partial charge >= 0.3 is 0 Å². The van der Waals surface area contributed by atoms with Gasteiger partial charge < -0.3 is 10.2 Å². The Kier molecular flexibility index (Phi) is 7.02. The van der Waals surface area contributed by atoms with Gasteiger partial charge in [-0.05, 0) is 33.4 Å². The fraction of sp³-hybridized carbons (Fsp3) is 0.909. The fourth-order valence-corrected chi connectivity index (χ4v) is 1.59. The Morgan fingerprint density at radius 2 is 1.87 bits per heavy atom. The molecule has 1 N–H and O–H groups in total. The Morgan fingerprint density at radius 3 is 2.20 bits per heavy atom. The third-order valence-electron chi connectivity index (χ3n) is 2.07. The van der Waals surface area contributed by atoms with E-state index in [1.165, 1.54) is 0 Å². The molecule has 15 heavy (non-hydrogen) atoms. The zero-order valence-corrected chi connectivity index (χ0v) is 11.3. The van der Waals surface area contributed by atoms with Crippen molar-refractivity contribution in [3.8, 4) is 0 Å². The Labute approximate surface area is 99.0 Å². The molecule has 0 aliphatic carbocycles. The largest absolute Gasteiger partial charge is 0.351 e. The van der Waals surface area contributed by atoms with Gasteiger partial charge in [0.2, 0.25) is 5.91 Å². The molecule has 3 nitrogen and oxygen atoms in total. The van der Waals surface area contributed by atoms with Gasteiger partial charge in [0.15, 0.2) is 0 Å². The molecule has 0 aliphatic rings. The van der Waals surface area contributed by atoms with Gasteiger partial charge in [-0.25, -0.2) is 0 Å². The van der Waals surface area contributed by atoms with Crippen molar-refractivity contribution in [1.82, 2.24) is 10.2 Å². The number of nitrogens with one attached hydrogen (secondary N) is 1. The first-order valence-electron chi connectivity index (χ1n) is 5.46. The summed E-state index contributed by atoms with van der Waals surface area (Å²) >= 11 is 4.12. The van der Waals surface area contributed by atoms with Crippen molar-refractivity contribution in [3.05, 3.63) is 0 Å². The van der Waals surface area contributed by atoms with E-state index in [4.69, 9.17) is 0 Å². The van der Waals surface area contributed by atoms with Crippen molar-refractivity contribution in [3.63, 3.8) is 0 Å². The lowest BCUT2D eigenvalue weighted by molar-refractivity contribution is -0.121. The zero-order valence-electron chi connectivity index (χ0n) is 10.4. The van der Waals surface area contributed by atoms with Gasteiger partial charge in [-0.3, -0.25) is 4.79 Å². The summed E-state index contributed by atoms with van der Waals surface area (Å²) in [5.74, 6) is 0.608. The van der Waals surface area contributed by atoms with Gasteiger partial charge in [-0.1, -0.05) is 13.8 Å². The van der Waals surface area contributed by atoms with Crippen molar-refractivity contribution in [1.29, 1.82) is 0 Å². The van der Waals surface area contributed by atoms with E-state index in [2.05, 4.69) is 36.7 Å². The summed E-state index contributed by atoms with van der Waals surface area (Å²) in [5.41, 5.74) is 0. The monoisotopic (exact) mass is 232 g/mol. The van der Waals surface area contributed by atoms with E-state index in [9.17, 15) is 4.79 Å². The molecule has 0 aliphatic heterocycles. The van der Waals surface area contributed by atoms with E-state index in [1.54, 1.807) is 6.92 Å². The number of carbonyl (C=O) groups excluding carboxylic acids is 1. The average Bonchev–Trinajstić information content (AvgIpc) is 2.00. The molecule has 2 atom stereocenters. The number of hydrogen-bond acceptors (Lipinski definition) is 3. The number of hydrogen-bond donors (Lipinski definition) is 2. The van der Waals surface area contributed by atoms with E-state index < -0.39 is 0 Å². The number of carbonyl (C=O) groups is 1. The second-order valence-corrected chi connectivity index (χ2v) is 5.55. The molecule has 4 heteroatoms. The minimum atomic E-state index is -0.234. The highest BCUT2D eigenvalue weighted by molar-refractivity contribution is 7.81. The van der Waals surface area contributed by atoms with Crippen LogP contribution in [0.2, 0.25) is 0 Å². The van der Waals surface area contributed by atoms with Crippen LogP contribution in [0.15, 0.2) is 0 Å². The predicted molar refractivity (Wildman–Crippen MR) is 68.4 cm³/mol. The third-order valence-corrected chi connectivity index (χ3v) is 2.30. The molecule has 1 amide bonds. The average molecular weight is 232 g/mol. The first kappa shape index (κ1) is 14.8. The lowest BCUT2D eigenvalue weighted by Gasteiger charge is -2.24. The number of amides is 1. The minimum absolute atomic E-state index is 0.0193. The van der Waals surface area contributed by atoms with Crippen molar-refractivity contribution in [2.45, 2.75) is 38.5 Å². The van der Waals surface area contributed by atoms with Gasteiger partial charge in [-0.15, -0.1) is 0 Å². The maximum Gasteiger partial charge on any atom is 0.232 e. The molecule has 0 aromatic carbocycles. The molecule has 0 radical (unpaired) electrons. The van der Waals surface area contributed by atoms with Crippen molar-refractivity contribution >= 4 is 18.5 Å². The van der Waals surface area contributed by atoms with E-state index in [1.807, 2.05) is 14.1 Å². The molecule has 0 bridgehead atoms. The van der Waals surface area contributed by atoms with Crippen molar-refractivity contribution in [2.24, 2.45) is 5.92 Å². The first-order valence-corrected chi connectivity index (χ1v) is 5.97. The molecular formula is C11H24N2OS. The molecular weight excluding hydrogens is 208 g/mol. The molecule has 0 fully saturated rings. The fourth-order valence-electron chi connectivity index (χ4n) is 1.51. The number of rotatable bonds is 6. The van der Waals surface area contributed by atoms with Crippen LogP contribution in [0, 0.1) is 5.92 Å². The van der Waals surface area contributed by atoms with Crippen LogP contribution in [0.4, 0.5) is 0 Å². The maximum absolute atomic E-state index is 11.5. The van der Waals surface area contributed by atoms with Crippen LogP contribution < -0.4 is 5.32 Å². The minimum Gasteiger partial charge on any atom is -0.351 e. The van der Waals surface area contributed by atoms with Gasteiger partial charge in [-0.2, -0.15) is 12.6 Å². The lowest BCUT2D eigenvalue weighted by Crippen LogP contribution is -2.44. The number of nitrogens with zero attached hydrogens (tertiary/aromatic N) is 1. The van der Waals surface area contributed by atoms with Gasteiger partial charge in [0.25, 0.3) is 0 Å². The summed E-state index contributed by atoms with van der Waals surface area (Å²) in [6.07, 6.45) is 1.00. The highest BCUT2D eigenvalue weighted by atomic mass is 32.1. The van der Waals surface area contributed by atoms with Crippen LogP contribution in [0.5, 0.6) is 0 Å². The summed E-state index contributed by atoms with van der Waals surface area (Å²) in [6, 6.07) is 0.224. The Bertz CT molecular complexity index is 183. The topological polar surface area (TPSA) is 32.3 Å². The highest BCUT2D eigenvalue weighted by Crippen LogP contribution is 2.06. The lowest BCUT2D eigenvalue weighted by atomic mass is 10.0. The van der Waals surface area contributed by atoms with Crippen LogP contribution in [0.3, 0.4) is 0 Å². The van der Waals surface area contributed by atoms with Gasteiger partial charge in [0.05, 0.1) is 5.25 Å². The maximum atomic E-state index is 11.5. The third kappa shape index (κ3) is 7.68. The summed E-state index contributed by atoms with van der Waals surface area (Å²) in [7, 11) is 4.03. The summed E-state index contributed by atoms with van der Waals surface area (Å²) in [4.78, 5) is 13.6. The predicted octanol–water partition coefficient (Wildman–Crippen LogP) is 1.40.